The number of nitrogens with zero attached hydrogens (tertiary/aromatic N) is 1. The van der Waals surface area contributed by atoms with Crippen molar-refractivity contribution in [2.45, 2.75) is 79.3 Å². The highest BCUT2D eigenvalue weighted by atomic mass is 15.1. The molecule has 0 rings (SSSR count). The molecule has 0 radical (unpaired) electrons. The van der Waals surface area contributed by atoms with Crippen molar-refractivity contribution >= 4 is 0 Å². The molecule has 0 aromatic rings. The summed E-state index contributed by atoms with van der Waals surface area (Å²) in [4.78, 5) is 2.58. The fourth-order valence-electron chi connectivity index (χ4n) is 2.77. The summed E-state index contributed by atoms with van der Waals surface area (Å²) < 4.78 is 0. The molecular formula is C16H36N2. The van der Waals surface area contributed by atoms with Gasteiger partial charge in [-0.2, -0.15) is 0 Å². The van der Waals surface area contributed by atoms with E-state index in [0.717, 1.165) is 12.6 Å². The molecular weight excluding hydrogens is 220 g/mol. The first-order valence-electron chi connectivity index (χ1n) is 7.88. The lowest BCUT2D eigenvalue weighted by Crippen LogP contribution is -2.46. The Morgan fingerprint density at radius 2 is 1.50 bits per heavy atom. The van der Waals surface area contributed by atoms with Crippen LogP contribution in [-0.2, 0) is 0 Å². The molecule has 0 fully saturated rings. The van der Waals surface area contributed by atoms with E-state index in [0.29, 0.717) is 11.5 Å². The van der Waals surface area contributed by atoms with Crippen molar-refractivity contribution in [3.05, 3.63) is 0 Å². The number of hydrogen-bond donors (Lipinski definition) is 1. The second kappa shape index (κ2) is 8.92. The van der Waals surface area contributed by atoms with Gasteiger partial charge >= 0.3 is 0 Å². The van der Waals surface area contributed by atoms with E-state index in [9.17, 15) is 0 Å². The molecule has 0 aliphatic heterocycles. The predicted molar refractivity (Wildman–Crippen MR) is 83.2 cm³/mol. The Morgan fingerprint density at radius 1 is 1.00 bits per heavy atom. The average Bonchev–Trinajstić information content (AvgIpc) is 2.36. The molecule has 0 bridgehead atoms. The molecule has 110 valence electrons. The van der Waals surface area contributed by atoms with E-state index in [1.54, 1.807) is 0 Å². The van der Waals surface area contributed by atoms with Gasteiger partial charge in [0.25, 0.3) is 0 Å². The maximum atomic E-state index is 3.64. The summed E-state index contributed by atoms with van der Waals surface area (Å²) in [6.07, 6.45) is 5.03. The van der Waals surface area contributed by atoms with Gasteiger partial charge < -0.3 is 10.2 Å². The highest BCUT2D eigenvalue weighted by Crippen LogP contribution is 2.28. The van der Waals surface area contributed by atoms with E-state index < -0.39 is 0 Å². The van der Waals surface area contributed by atoms with Crippen LogP contribution in [0.15, 0.2) is 0 Å². The van der Waals surface area contributed by atoms with E-state index in [4.69, 9.17) is 0 Å². The lowest BCUT2D eigenvalue weighted by Gasteiger charge is -2.39. The molecule has 0 spiro atoms. The maximum absolute atomic E-state index is 3.64. The Bertz CT molecular complexity index is 193. The maximum Gasteiger partial charge on any atom is 0.00872 e. The molecule has 2 heteroatoms. The van der Waals surface area contributed by atoms with Crippen LogP contribution in [0.2, 0.25) is 0 Å². The first-order valence-corrected chi connectivity index (χ1v) is 7.88. The van der Waals surface area contributed by atoms with Gasteiger partial charge in [0, 0.05) is 25.2 Å². The lowest BCUT2D eigenvalue weighted by atomic mass is 9.81. The van der Waals surface area contributed by atoms with E-state index in [2.05, 4.69) is 58.8 Å². The highest BCUT2D eigenvalue weighted by molar-refractivity contribution is 4.84. The minimum Gasteiger partial charge on any atom is -0.314 e. The van der Waals surface area contributed by atoms with Gasteiger partial charge in [0.1, 0.15) is 0 Å². The van der Waals surface area contributed by atoms with Crippen molar-refractivity contribution in [1.82, 2.24) is 10.2 Å². The molecule has 18 heavy (non-hydrogen) atoms. The molecule has 0 aromatic heterocycles. The van der Waals surface area contributed by atoms with Crippen LogP contribution < -0.4 is 5.32 Å². The van der Waals surface area contributed by atoms with Gasteiger partial charge in [-0.25, -0.2) is 0 Å². The van der Waals surface area contributed by atoms with E-state index in [-0.39, 0.29) is 0 Å². The molecule has 1 N–H and O–H groups in total. The summed E-state index contributed by atoms with van der Waals surface area (Å²) in [6.45, 7) is 16.1. The Morgan fingerprint density at radius 3 is 1.83 bits per heavy atom. The first-order chi connectivity index (χ1) is 8.44. The third-order valence-corrected chi connectivity index (χ3v) is 4.54. The largest absolute Gasteiger partial charge is 0.314 e. The summed E-state index contributed by atoms with van der Waals surface area (Å²) in [6, 6.07) is 1.32. The monoisotopic (exact) mass is 256 g/mol. The Kier molecular flexibility index (Phi) is 8.89. The SMILES string of the molecule is CCC(CC)N(C)CC(CC)(CC)CNC(C)C. The molecule has 0 aromatic carbocycles. The zero-order valence-corrected chi connectivity index (χ0v) is 13.8. The molecule has 2 nitrogen and oxygen atoms in total. The normalized spacial score (nSPS) is 13.0. The quantitative estimate of drug-likeness (QED) is 0.637. The van der Waals surface area contributed by atoms with Crippen LogP contribution in [0.1, 0.15) is 67.2 Å². The second-order valence-electron chi connectivity index (χ2n) is 6.13. The Hall–Kier alpha value is -0.0800. The van der Waals surface area contributed by atoms with Gasteiger partial charge in [-0.15, -0.1) is 0 Å². The standard InChI is InChI=1S/C16H36N2/c1-8-15(9-2)18(7)13-16(10-3,11-4)12-17-14(5)6/h14-15,17H,8-13H2,1-7H3. The Balaban J connectivity index is 4.57. The fraction of sp³-hybridized carbons (Fsp3) is 1.00. The van der Waals surface area contributed by atoms with Crippen LogP contribution in [0, 0.1) is 5.41 Å². The molecule has 0 heterocycles. The minimum atomic E-state index is 0.432. The van der Waals surface area contributed by atoms with Crippen LogP contribution in [0.5, 0.6) is 0 Å². The predicted octanol–water partition coefficient (Wildman–Crippen LogP) is 3.91. The van der Waals surface area contributed by atoms with Gasteiger partial charge in [0.05, 0.1) is 0 Å². The zero-order valence-electron chi connectivity index (χ0n) is 13.8. The second-order valence-corrected chi connectivity index (χ2v) is 6.13. The van der Waals surface area contributed by atoms with Gasteiger partial charge in [-0.05, 0) is 38.1 Å². The third-order valence-electron chi connectivity index (χ3n) is 4.54. The van der Waals surface area contributed by atoms with Gasteiger partial charge in [-0.3, -0.25) is 0 Å². The molecule has 0 aliphatic rings. The van der Waals surface area contributed by atoms with Crippen LogP contribution in [-0.4, -0.2) is 37.1 Å². The topological polar surface area (TPSA) is 15.3 Å². The highest BCUT2D eigenvalue weighted by Gasteiger charge is 2.29. The van der Waals surface area contributed by atoms with Crippen LogP contribution in [0.3, 0.4) is 0 Å². The van der Waals surface area contributed by atoms with Crippen molar-refractivity contribution in [3.63, 3.8) is 0 Å². The number of hydrogen-bond acceptors (Lipinski definition) is 2. The van der Waals surface area contributed by atoms with E-state index in [1.165, 1.54) is 32.2 Å². The number of nitrogens with one attached hydrogen (secondary N) is 1. The van der Waals surface area contributed by atoms with Crippen molar-refractivity contribution in [1.29, 1.82) is 0 Å². The van der Waals surface area contributed by atoms with Gasteiger partial charge in [0.15, 0.2) is 0 Å². The summed E-state index contributed by atoms with van der Waals surface area (Å²) in [7, 11) is 2.30. The Labute approximate surface area is 116 Å². The van der Waals surface area contributed by atoms with Crippen LogP contribution in [0.25, 0.3) is 0 Å². The fourth-order valence-corrected chi connectivity index (χ4v) is 2.77. The summed E-state index contributed by atoms with van der Waals surface area (Å²) in [5, 5.41) is 3.64. The van der Waals surface area contributed by atoms with Crippen molar-refractivity contribution in [2.24, 2.45) is 5.41 Å². The van der Waals surface area contributed by atoms with E-state index >= 15 is 0 Å². The van der Waals surface area contributed by atoms with Crippen LogP contribution >= 0.6 is 0 Å². The first kappa shape index (κ1) is 17.9. The summed E-state index contributed by atoms with van der Waals surface area (Å²) >= 11 is 0. The lowest BCUT2D eigenvalue weighted by molar-refractivity contribution is 0.115. The molecule has 0 atom stereocenters. The molecule has 0 amide bonds. The third kappa shape index (κ3) is 5.71. The zero-order chi connectivity index (χ0) is 14.2. The van der Waals surface area contributed by atoms with Crippen molar-refractivity contribution < 1.29 is 0 Å². The molecule has 0 saturated heterocycles. The summed E-state index contributed by atoms with van der Waals surface area (Å²) in [5.74, 6) is 0. The van der Waals surface area contributed by atoms with Gasteiger partial charge in [-0.1, -0.05) is 41.5 Å². The molecule has 0 saturated carbocycles. The minimum absolute atomic E-state index is 0.432. The average molecular weight is 256 g/mol. The smallest absolute Gasteiger partial charge is 0.00872 e. The van der Waals surface area contributed by atoms with Crippen molar-refractivity contribution in [3.8, 4) is 0 Å². The molecule has 0 unspecified atom stereocenters. The van der Waals surface area contributed by atoms with Crippen LogP contribution in [0.4, 0.5) is 0 Å². The van der Waals surface area contributed by atoms with Gasteiger partial charge in [0.2, 0.25) is 0 Å². The van der Waals surface area contributed by atoms with E-state index in [1.807, 2.05) is 0 Å². The molecule has 0 aliphatic carbocycles. The van der Waals surface area contributed by atoms with Crippen molar-refractivity contribution in [2.75, 3.05) is 20.1 Å². The number of rotatable bonds is 10. The summed E-state index contributed by atoms with van der Waals surface area (Å²) in [5.41, 5.74) is 0.432.